The topological polar surface area (TPSA) is 76.9 Å². The number of nitrogens with one attached hydrogen (secondary N) is 1. The number of fused-ring (bicyclic) bond motifs is 1. The summed E-state index contributed by atoms with van der Waals surface area (Å²) in [4.78, 5) is 29.7. The molecule has 0 aliphatic heterocycles. The summed E-state index contributed by atoms with van der Waals surface area (Å²) >= 11 is 0. The molecule has 0 fully saturated rings. The maximum absolute atomic E-state index is 13.2. The van der Waals surface area contributed by atoms with Gasteiger partial charge in [-0.25, -0.2) is 4.68 Å². The molecule has 1 N–H and O–H groups in total. The van der Waals surface area contributed by atoms with Crippen LogP contribution in [-0.4, -0.2) is 26.5 Å². The van der Waals surface area contributed by atoms with Gasteiger partial charge < -0.3 is 5.32 Å². The first-order valence-electron chi connectivity index (χ1n) is 10.7. The highest BCUT2D eigenvalue weighted by molar-refractivity contribution is 6.11. The third kappa shape index (κ3) is 4.52. The Morgan fingerprint density at radius 1 is 0.824 bits per heavy atom. The number of pyridine rings is 1. The van der Waals surface area contributed by atoms with Gasteiger partial charge in [0.05, 0.1) is 11.7 Å². The van der Waals surface area contributed by atoms with E-state index in [1.54, 1.807) is 65.6 Å². The zero-order valence-electron chi connectivity index (χ0n) is 18.1. The molecule has 0 radical (unpaired) electrons. The Morgan fingerprint density at radius 3 is 2.47 bits per heavy atom. The lowest BCUT2D eigenvalue weighted by atomic mass is 10.0. The lowest BCUT2D eigenvalue weighted by Crippen LogP contribution is -2.13. The maximum atomic E-state index is 13.2. The van der Waals surface area contributed by atoms with E-state index >= 15 is 0 Å². The zero-order valence-corrected chi connectivity index (χ0v) is 18.1. The highest BCUT2D eigenvalue weighted by atomic mass is 16.2. The lowest BCUT2D eigenvalue weighted by Gasteiger charge is -2.07. The summed E-state index contributed by atoms with van der Waals surface area (Å²) in [6.45, 7) is 0. The zero-order chi connectivity index (χ0) is 23.3. The van der Waals surface area contributed by atoms with Crippen LogP contribution in [0.1, 0.15) is 32.0 Å². The van der Waals surface area contributed by atoms with Crippen molar-refractivity contribution < 1.29 is 9.59 Å². The van der Waals surface area contributed by atoms with Crippen LogP contribution in [0, 0.1) is 0 Å². The predicted octanol–water partition coefficient (Wildman–Crippen LogP) is 5.54. The average molecular weight is 444 g/mol. The van der Waals surface area contributed by atoms with Crippen molar-refractivity contribution in [2.75, 3.05) is 5.32 Å². The Kier molecular flexibility index (Phi) is 5.78. The quantitative estimate of drug-likeness (QED) is 0.349. The average Bonchev–Trinajstić information content (AvgIpc) is 3.30. The van der Waals surface area contributed by atoms with Crippen molar-refractivity contribution in [1.82, 2.24) is 14.8 Å². The van der Waals surface area contributed by atoms with Crippen LogP contribution in [0.5, 0.6) is 0 Å². The molecule has 2 heterocycles. The van der Waals surface area contributed by atoms with Gasteiger partial charge in [-0.05, 0) is 42.0 Å². The Balaban J connectivity index is 1.39. The van der Waals surface area contributed by atoms with Gasteiger partial charge in [-0.3, -0.25) is 14.6 Å². The number of anilines is 1. The first-order chi connectivity index (χ1) is 16.7. The summed E-state index contributed by atoms with van der Waals surface area (Å²) in [6, 6.07) is 27.5. The van der Waals surface area contributed by atoms with Crippen molar-refractivity contribution in [3.63, 3.8) is 0 Å². The molecule has 0 unspecified atom stereocenters. The van der Waals surface area contributed by atoms with Crippen molar-refractivity contribution >= 4 is 40.6 Å². The Bertz CT molecular complexity index is 1510. The lowest BCUT2D eigenvalue weighted by molar-refractivity contribution is 0.101. The van der Waals surface area contributed by atoms with Crippen LogP contribution >= 0.6 is 0 Å². The van der Waals surface area contributed by atoms with Gasteiger partial charge in [0, 0.05) is 34.6 Å². The minimum absolute atomic E-state index is 0.143. The third-order valence-corrected chi connectivity index (χ3v) is 5.35. The molecular formula is C28H20N4O2. The number of carbonyl (C=O) groups is 2. The van der Waals surface area contributed by atoms with E-state index in [1.165, 1.54) is 0 Å². The second-order valence-electron chi connectivity index (χ2n) is 7.67. The Labute approximate surface area is 196 Å². The van der Waals surface area contributed by atoms with Gasteiger partial charge in [-0.1, -0.05) is 60.7 Å². The van der Waals surface area contributed by atoms with Crippen LogP contribution in [-0.2, 0) is 0 Å². The van der Waals surface area contributed by atoms with Crippen molar-refractivity contribution in [3.05, 3.63) is 126 Å². The molecule has 6 nitrogen and oxygen atoms in total. The number of nitrogens with zero attached hydrogens (tertiary/aromatic N) is 3. The summed E-state index contributed by atoms with van der Waals surface area (Å²) in [5.74, 6) is -0.476. The van der Waals surface area contributed by atoms with E-state index in [0.717, 1.165) is 16.5 Å². The van der Waals surface area contributed by atoms with Gasteiger partial charge in [0.2, 0.25) is 0 Å². The second-order valence-corrected chi connectivity index (χ2v) is 7.67. The summed E-state index contributed by atoms with van der Waals surface area (Å²) in [6.07, 6.45) is 7.17. The van der Waals surface area contributed by atoms with Crippen molar-refractivity contribution in [1.29, 1.82) is 0 Å². The van der Waals surface area contributed by atoms with Crippen LogP contribution in [0.4, 0.5) is 5.69 Å². The van der Waals surface area contributed by atoms with E-state index < -0.39 is 0 Å². The number of hydrogen-bond acceptors (Lipinski definition) is 4. The van der Waals surface area contributed by atoms with E-state index in [-0.39, 0.29) is 11.7 Å². The minimum atomic E-state index is -0.333. The van der Waals surface area contributed by atoms with Crippen LogP contribution in [0.3, 0.4) is 0 Å². The van der Waals surface area contributed by atoms with Gasteiger partial charge in [0.1, 0.15) is 5.69 Å². The summed E-state index contributed by atoms with van der Waals surface area (Å²) in [5.41, 5.74) is 3.74. The van der Waals surface area contributed by atoms with Gasteiger partial charge >= 0.3 is 0 Å². The van der Waals surface area contributed by atoms with Gasteiger partial charge in [0.25, 0.3) is 5.91 Å². The summed E-state index contributed by atoms with van der Waals surface area (Å²) < 4.78 is 1.75. The number of rotatable bonds is 6. The first kappa shape index (κ1) is 21.0. The molecule has 0 atom stereocenters. The molecular weight excluding hydrogens is 424 g/mol. The van der Waals surface area contributed by atoms with Crippen LogP contribution in [0.25, 0.3) is 23.2 Å². The van der Waals surface area contributed by atoms with E-state index in [9.17, 15) is 9.59 Å². The SMILES string of the molecule is O=C(c1cccc(NC(=O)c2ccccn2)c1)c1ccc2cnn(C=Cc3ccccc3)c2c1. The number of hydrogen-bond donors (Lipinski definition) is 1. The minimum Gasteiger partial charge on any atom is -0.321 e. The molecule has 1 amide bonds. The number of benzene rings is 3. The summed E-state index contributed by atoms with van der Waals surface area (Å²) in [7, 11) is 0. The van der Waals surface area contributed by atoms with Crippen LogP contribution in [0.15, 0.2) is 103 Å². The molecule has 0 bridgehead atoms. The fourth-order valence-corrected chi connectivity index (χ4v) is 3.62. The van der Waals surface area contributed by atoms with E-state index in [4.69, 9.17) is 0 Å². The molecule has 0 saturated carbocycles. The highest BCUT2D eigenvalue weighted by Crippen LogP contribution is 2.21. The number of amides is 1. The molecule has 164 valence electrons. The largest absolute Gasteiger partial charge is 0.321 e. The standard InChI is InChI=1S/C28H20N4O2/c33-27(21-9-6-10-24(17-21)31-28(34)25-11-4-5-15-29-25)22-12-13-23-19-30-32(26(23)18-22)16-14-20-7-2-1-3-8-20/h1-19H,(H,31,34). The first-order valence-corrected chi connectivity index (χ1v) is 10.7. The Morgan fingerprint density at radius 2 is 1.65 bits per heavy atom. The molecule has 5 aromatic rings. The Hall–Kier alpha value is -4.84. The normalized spacial score (nSPS) is 11.1. The van der Waals surface area contributed by atoms with Crippen molar-refractivity contribution in [2.45, 2.75) is 0 Å². The van der Waals surface area contributed by atoms with Crippen molar-refractivity contribution in [3.8, 4) is 0 Å². The fourth-order valence-electron chi connectivity index (χ4n) is 3.62. The highest BCUT2D eigenvalue weighted by Gasteiger charge is 2.13. The number of carbonyl (C=O) groups excluding carboxylic acids is 2. The molecule has 0 spiro atoms. The third-order valence-electron chi connectivity index (χ3n) is 5.35. The van der Waals surface area contributed by atoms with E-state index in [1.807, 2.05) is 54.7 Å². The van der Waals surface area contributed by atoms with E-state index in [0.29, 0.717) is 22.5 Å². The monoisotopic (exact) mass is 444 g/mol. The van der Waals surface area contributed by atoms with Crippen molar-refractivity contribution in [2.24, 2.45) is 0 Å². The second kappa shape index (κ2) is 9.34. The molecule has 0 aliphatic rings. The fraction of sp³-hybridized carbons (Fsp3) is 0. The molecule has 6 heteroatoms. The molecule has 34 heavy (non-hydrogen) atoms. The molecule has 3 aromatic carbocycles. The number of aromatic nitrogens is 3. The number of ketones is 1. The molecule has 0 saturated heterocycles. The summed E-state index contributed by atoms with van der Waals surface area (Å²) in [5, 5.41) is 8.16. The van der Waals surface area contributed by atoms with Crippen LogP contribution in [0.2, 0.25) is 0 Å². The van der Waals surface area contributed by atoms with Gasteiger partial charge in [-0.15, -0.1) is 0 Å². The maximum Gasteiger partial charge on any atom is 0.274 e. The predicted molar refractivity (Wildman–Crippen MR) is 133 cm³/mol. The molecule has 5 rings (SSSR count). The molecule has 2 aromatic heterocycles. The molecule has 0 aliphatic carbocycles. The van der Waals surface area contributed by atoms with Crippen LogP contribution < -0.4 is 5.32 Å². The smallest absolute Gasteiger partial charge is 0.274 e. The van der Waals surface area contributed by atoms with Gasteiger partial charge in [0.15, 0.2) is 5.78 Å². The van der Waals surface area contributed by atoms with E-state index in [2.05, 4.69) is 15.4 Å². The van der Waals surface area contributed by atoms with Gasteiger partial charge in [-0.2, -0.15) is 5.10 Å².